The molecule has 1 aliphatic rings. The van der Waals surface area contributed by atoms with Gasteiger partial charge in [-0.15, -0.1) is 0 Å². The summed E-state index contributed by atoms with van der Waals surface area (Å²) < 4.78 is 3.25. The van der Waals surface area contributed by atoms with E-state index in [0.717, 1.165) is 42.8 Å². The minimum atomic E-state index is -0.847. The van der Waals surface area contributed by atoms with Gasteiger partial charge in [-0.2, -0.15) is 5.10 Å². The van der Waals surface area contributed by atoms with E-state index in [2.05, 4.69) is 5.10 Å². The lowest BCUT2D eigenvalue weighted by atomic mass is 10.1. The first kappa shape index (κ1) is 13.6. The highest BCUT2D eigenvalue weighted by Crippen LogP contribution is 2.11. The highest BCUT2D eigenvalue weighted by atomic mass is 16.4. The maximum atomic E-state index is 12.2. The van der Waals surface area contributed by atoms with E-state index in [4.69, 9.17) is 5.11 Å². The molecule has 21 heavy (non-hydrogen) atoms. The van der Waals surface area contributed by atoms with Crippen molar-refractivity contribution in [2.75, 3.05) is 0 Å². The second kappa shape index (κ2) is 5.55. The molecule has 0 spiro atoms. The van der Waals surface area contributed by atoms with Gasteiger partial charge in [-0.3, -0.25) is 9.36 Å². The third-order valence-corrected chi connectivity index (χ3v) is 3.74. The number of carboxylic acid groups (broad SMARTS) is 1. The molecule has 6 heteroatoms. The number of aryl methyl sites for hydroxylation is 1. The fourth-order valence-electron chi connectivity index (χ4n) is 2.66. The van der Waals surface area contributed by atoms with E-state index in [1.165, 1.54) is 4.68 Å². The number of aliphatic carboxylic acids is 1. The van der Waals surface area contributed by atoms with Crippen molar-refractivity contribution in [3.63, 3.8) is 0 Å². The number of carboxylic acids is 1. The van der Waals surface area contributed by atoms with Crippen molar-refractivity contribution in [3.05, 3.63) is 51.7 Å². The van der Waals surface area contributed by atoms with Crippen LogP contribution in [-0.4, -0.2) is 25.4 Å². The Bertz CT molecular complexity index is 713. The van der Waals surface area contributed by atoms with Crippen LogP contribution in [0.2, 0.25) is 0 Å². The lowest BCUT2D eigenvalue weighted by molar-refractivity contribution is -0.136. The number of carbonyl (C=O) groups is 1. The SMILES string of the molecule is O=C(O)Cc1ccc(Cn2nc3n(c2=O)CCCC3)cc1. The number of fused-ring (bicyclic) bond motifs is 1. The molecule has 3 rings (SSSR count). The summed E-state index contributed by atoms with van der Waals surface area (Å²) in [4.78, 5) is 22.9. The number of hydrogen-bond acceptors (Lipinski definition) is 3. The van der Waals surface area contributed by atoms with Crippen LogP contribution >= 0.6 is 0 Å². The Hall–Kier alpha value is -2.37. The van der Waals surface area contributed by atoms with Crippen molar-refractivity contribution in [2.45, 2.75) is 38.8 Å². The summed E-state index contributed by atoms with van der Waals surface area (Å²) in [5.74, 6) is 0.0227. The van der Waals surface area contributed by atoms with E-state index in [0.29, 0.717) is 6.54 Å². The number of hydrogen-bond donors (Lipinski definition) is 1. The van der Waals surface area contributed by atoms with E-state index >= 15 is 0 Å². The van der Waals surface area contributed by atoms with Crippen LogP contribution in [0.3, 0.4) is 0 Å². The Morgan fingerprint density at radius 3 is 2.57 bits per heavy atom. The number of benzene rings is 1. The molecule has 6 nitrogen and oxygen atoms in total. The van der Waals surface area contributed by atoms with E-state index in [9.17, 15) is 9.59 Å². The van der Waals surface area contributed by atoms with Crippen molar-refractivity contribution >= 4 is 5.97 Å². The van der Waals surface area contributed by atoms with Gasteiger partial charge in [-0.1, -0.05) is 24.3 Å². The number of rotatable bonds is 4. The largest absolute Gasteiger partial charge is 0.481 e. The van der Waals surface area contributed by atoms with E-state index in [1.807, 2.05) is 12.1 Å². The Labute approximate surface area is 121 Å². The van der Waals surface area contributed by atoms with Crippen molar-refractivity contribution in [3.8, 4) is 0 Å². The van der Waals surface area contributed by atoms with Gasteiger partial charge in [0.25, 0.3) is 0 Å². The number of nitrogens with zero attached hydrogens (tertiary/aromatic N) is 3. The zero-order chi connectivity index (χ0) is 14.8. The van der Waals surface area contributed by atoms with Crippen LogP contribution in [0.15, 0.2) is 29.1 Å². The average Bonchev–Trinajstić information content (AvgIpc) is 2.78. The monoisotopic (exact) mass is 287 g/mol. The van der Waals surface area contributed by atoms with Crippen molar-refractivity contribution < 1.29 is 9.90 Å². The minimum Gasteiger partial charge on any atom is -0.481 e. The van der Waals surface area contributed by atoms with Crippen LogP contribution in [0.4, 0.5) is 0 Å². The summed E-state index contributed by atoms with van der Waals surface area (Å²) in [7, 11) is 0. The van der Waals surface area contributed by atoms with Crippen LogP contribution in [0.1, 0.15) is 29.8 Å². The zero-order valence-corrected chi connectivity index (χ0v) is 11.7. The lowest BCUT2D eigenvalue weighted by Gasteiger charge is -2.09. The van der Waals surface area contributed by atoms with Crippen LogP contribution in [-0.2, 0) is 30.7 Å². The maximum absolute atomic E-state index is 12.2. The summed E-state index contributed by atoms with van der Waals surface area (Å²) >= 11 is 0. The third kappa shape index (κ3) is 2.89. The Balaban J connectivity index is 1.79. The molecular weight excluding hydrogens is 270 g/mol. The highest BCUT2D eigenvalue weighted by molar-refractivity contribution is 5.70. The molecule has 1 aromatic carbocycles. The summed E-state index contributed by atoms with van der Waals surface area (Å²) in [6.45, 7) is 1.18. The topological polar surface area (TPSA) is 77.1 Å². The highest BCUT2D eigenvalue weighted by Gasteiger charge is 2.16. The second-order valence-electron chi connectivity index (χ2n) is 5.35. The van der Waals surface area contributed by atoms with Gasteiger partial charge in [0.2, 0.25) is 0 Å². The van der Waals surface area contributed by atoms with Crippen LogP contribution in [0, 0.1) is 0 Å². The van der Waals surface area contributed by atoms with Gasteiger partial charge in [0.1, 0.15) is 5.82 Å². The molecule has 0 bridgehead atoms. The van der Waals surface area contributed by atoms with Gasteiger partial charge in [0.15, 0.2) is 0 Å². The van der Waals surface area contributed by atoms with Gasteiger partial charge in [0.05, 0.1) is 13.0 Å². The number of aromatic nitrogens is 3. The quantitative estimate of drug-likeness (QED) is 0.912. The van der Waals surface area contributed by atoms with Crippen LogP contribution < -0.4 is 5.69 Å². The molecular formula is C15H17N3O3. The van der Waals surface area contributed by atoms with Gasteiger partial charge in [0, 0.05) is 13.0 Å². The molecule has 0 radical (unpaired) electrons. The van der Waals surface area contributed by atoms with E-state index in [-0.39, 0.29) is 12.1 Å². The molecule has 1 N–H and O–H groups in total. The van der Waals surface area contributed by atoms with Crippen molar-refractivity contribution in [2.24, 2.45) is 0 Å². The summed E-state index contributed by atoms with van der Waals surface area (Å²) in [5.41, 5.74) is 1.64. The normalized spacial score (nSPS) is 13.9. The minimum absolute atomic E-state index is 0.0129. The molecule has 2 aromatic rings. The molecule has 2 heterocycles. The van der Waals surface area contributed by atoms with Crippen molar-refractivity contribution in [1.82, 2.24) is 14.3 Å². The zero-order valence-electron chi connectivity index (χ0n) is 11.7. The summed E-state index contributed by atoms with van der Waals surface area (Å²) in [5, 5.41) is 13.1. The van der Waals surface area contributed by atoms with Crippen LogP contribution in [0.25, 0.3) is 0 Å². The molecule has 0 saturated heterocycles. The fraction of sp³-hybridized carbons (Fsp3) is 0.400. The Morgan fingerprint density at radius 2 is 1.90 bits per heavy atom. The van der Waals surface area contributed by atoms with Gasteiger partial charge >= 0.3 is 11.7 Å². The Morgan fingerprint density at radius 1 is 1.19 bits per heavy atom. The fourth-order valence-corrected chi connectivity index (χ4v) is 2.66. The lowest BCUT2D eigenvalue weighted by Crippen LogP contribution is -2.27. The second-order valence-corrected chi connectivity index (χ2v) is 5.35. The van der Waals surface area contributed by atoms with Crippen LogP contribution in [0.5, 0.6) is 0 Å². The first-order valence-electron chi connectivity index (χ1n) is 7.09. The molecule has 0 amide bonds. The van der Waals surface area contributed by atoms with Gasteiger partial charge < -0.3 is 5.11 Å². The molecule has 110 valence electrons. The average molecular weight is 287 g/mol. The molecule has 0 atom stereocenters. The standard InChI is InChI=1S/C15H17N3O3/c19-14(20)9-11-4-6-12(7-5-11)10-18-15(21)17-8-2-1-3-13(17)16-18/h4-7H,1-3,8-10H2,(H,19,20). The summed E-state index contributed by atoms with van der Waals surface area (Å²) in [6, 6.07) is 7.26. The molecule has 1 aromatic heterocycles. The molecule has 1 aliphatic heterocycles. The van der Waals surface area contributed by atoms with E-state index < -0.39 is 5.97 Å². The smallest absolute Gasteiger partial charge is 0.346 e. The maximum Gasteiger partial charge on any atom is 0.346 e. The van der Waals surface area contributed by atoms with Gasteiger partial charge in [-0.25, -0.2) is 9.48 Å². The van der Waals surface area contributed by atoms with Gasteiger partial charge in [-0.05, 0) is 24.0 Å². The van der Waals surface area contributed by atoms with E-state index in [1.54, 1.807) is 16.7 Å². The molecule has 0 fully saturated rings. The molecule has 0 saturated carbocycles. The first-order valence-corrected chi connectivity index (χ1v) is 7.09. The third-order valence-electron chi connectivity index (χ3n) is 3.74. The Kier molecular flexibility index (Phi) is 3.60. The summed E-state index contributed by atoms with van der Waals surface area (Å²) in [6.07, 6.45) is 2.99. The molecule has 0 aliphatic carbocycles. The molecule has 0 unspecified atom stereocenters. The van der Waals surface area contributed by atoms with Crippen molar-refractivity contribution in [1.29, 1.82) is 0 Å². The predicted molar refractivity (Wildman–Crippen MR) is 76.3 cm³/mol. The first-order chi connectivity index (χ1) is 10.1. The predicted octanol–water partition coefficient (Wildman–Crippen LogP) is 1.06.